The van der Waals surface area contributed by atoms with Crippen LogP contribution in [-0.2, 0) is 5.41 Å². The van der Waals surface area contributed by atoms with Crippen LogP contribution in [0, 0.1) is 0 Å². The molecule has 0 atom stereocenters. The first-order valence-corrected chi connectivity index (χ1v) is 4.90. The zero-order valence-electron chi connectivity index (χ0n) is 8.54. The maximum atomic E-state index is 4.40. The Balaban J connectivity index is 2.22. The van der Waals surface area contributed by atoms with Crippen molar-refractivity contribution in [1.82, 2.24) is 9.97 Å². The van der Waals surface area contributed by atoms with Crippen LogP contribution in [0.5, 0.6) is 0 Å². The van der Waals surface area contributed by atoms with Gasteiger partial charge in [-0.2, -0.15) is 0 Å². The van der Waals surface area contributed by atoms with Gasteiger partial charge in [-0.05, 0) is 24.3 Å². The van der Waals surface area contributed by atoms with Crippen molar-refractivity contribution < 1.29 is 0 Å². The zero-order valence-corrected chi connectivity index (χ0v) is 8.54. The van der Waals surface area contributed by atoms with Gasteiger partial charge in [0.25, 0.3) is 0 Å². The Morgan fingerprint density at radius 3 is 2.08 bits per heavy atom. The Morgan fingerprint density at radius 1 is 1.15 bits per heavy atom. The maximum Gasteiger partial charge on any atom is 0.133 e. The van der Waals surface area contributed by atoms with E-state index in [0.717, 1.165) is 11.7 Å². The molecule has 2 nitrogen and oxygen atoms in total. The lowest BCUT2D eigenvalue weighted by Gasteiger charge is -2.15. The van der Waals surface area contributed by atoms with E-state index < -0.39 is 0 Å². The van der Waals surface area contributed by atoms with Crippen LogP contribution in [0.1, 0.15) is 50.9 Å². The smallest absolute Gasteiger partial charge is 0.133 e. The molecule has 1 aromatic rings. The van der Waals surface area contributed by atoms with E-state index in [1.54, 1.807) is 0 Å². The van der Waals surface area contributed by atoms with E-state index in [1.165, 1.54) is 18.4 Å². The van der Waals surface area contributed by atoms with E-state index >= 15 is 0 Å². The molecule has 0 bridgehead atoms. The largest absolute Gasteiger partial charge is 0.241 e. The van der Waals surface area contributed by atoms with Crippen molar-refractivity contribution in [2.75, 3.05) is 0 Å². The highest BCUT2D eigenvalue weighted by Crippen LogP contribution is 2.39. The van der Waals surface area contributed by atoms with Crippen LogP contribution in [-0.4, -0.2) is 9.97 Å². The fraction of sp³-hybridized carbons (Fsp3) is 0.636. The first-order chi connectivity index (χ1) is 6.07. The van der Waals surface area contributed by atoms with Gasteiger partial charge in [0.1, 0.15) is 5.82 Å². The van der Waals surface area contributed by atoms with Gasteiger partial charge in [-0.15, -0.1) is 0 Å². The highest BCUT2D eigenvalue weighted by molar-refractivity contribution is 5.18. The molecule has 0 N–H and O–H groups in total. The lowest BCUT2D eigenvalue weighted by atomic mass is 9.96. The van der Waals surface area contributed by atoms with Crippen LogP contribution in [0.15, 0.2) is 12.4 Å². The molecule has 1 aliphatic rings. The molecule has 1 fully saturated rings. The minimum atomic E-state index is 0.0715. The zero-order chi connectivity index (χ0) is 9.47. The van der Waals surface area contributed by atoms with E-state index in [-0.39, 0.29) is 5.41 Å². The van der Waals surface area contributed by atoms with Gasteiger partial charge < -0.3 is 0 Å². The van der Waals surface area contributed by atoms with Crippen molar-refractivity contribution in [3.8, 4) is 0 Å². The van der Waals surface area contributed by atoms with Crippen molar-refractivity contribution in [2.45, 2.75) is 44.9 Å². The first-order valence-electron chi connectivity index (χ1n) is 4.90. The molecule has 1 aliphatic carbocycles. The summed E-state index contributed by atoms with van der Waals surface area (Å²) in [7, 11) is 0. The van der Waals surface area contributed by atoms with E-state index in [9.17, 15) is 0 Å². The second-order valence-corrected chi connectivity index (χ2v) is 4.86. The number of hydrogen-bond acceptors (Lipinski definition) is 2. The van der Waals surface area contributed by atoms with Crippen LogP contribution in [0.3, 0.4) is 0 Å². The van der Waals surface area contributed by atoms with Crippen molar-refractivity contribution in [3.05, 3.63) is 23.8 Å². The monoisotopic (exact) mass is 176 g/mol. The Labute approximate surface area is 79.4 Å². The van der Waals surface area contributed by atoms with Gasteiger partial charge in [0.15, 0.2) is 0 Å². The molecular weight excluding hydrogens is 160 g/mol. The third kappa shape index (κ3) is 1.87. The fourth-order valence-corrected chi connectivity index (χ4v) is 1.35. The quantitative estimate of drug-likeness (QED) is 0.657. The van der Waals surface area contributed by atoms with Gasteiger partial charge in [0.2, 0.25) is 0 Å². The molecular formula is C11H16N2. The predicted octanol–water partition coefficient (Wildman–Crippen LogP) is 2.65. The van der Waals surface area contributed by atoms with Gasteiger partial charge in [0, 0.05) is 17.8 Å². The minimum Gasteiger partial charge on any atom is -0.241 e. The standard InChI is InChI=1S/C11H16N2/c1-11(2,3)10-12-6-9(7-13-10)8-4-5-8/h6-8H,4-5H2,1-3H3. The molecule has 13 heavy (non-hydrogen) atoms. The second-order valence-electron chi connectivity index (χ2n) is 4.86. The highest BCUT2D eigenvalue weighted by Gasteiger charge is 2.25. The molecule has 1 heterocycles. The molecule has 2 heteroatoms. The summed E-state index contributed by atoms with van der Waals surface area (Å²) < 4.78 is 0. The summed E-state index contributed by atoms with van der Waals surface area (Å²) >= 11 is 0. The Kier molecular flexibility index (Phi) is 1.86. The summed E-state index contributed by atoms with van der Waals surface area (Å²) in [5.74, 6) is 1.70. The van der Waals surface area contributed by atoms with Crippen molar-refractivity contribution in [2.24, 2.45) is 0 Å². The summed E-state index contributed by atoms with van der Waals surface area (Å²) in [6.07, 6.45) is 6.62. The molecule has 0 aromatic carbocycles. The summed E-state index contributed by atoms with van der Waals surface area (Å²) in [4.78, 5) is 8.80. The molecule has 0 radical (unpaired) electrons. The van der Waals surface area contributed by atoms with Crippen molar-refractivity contribution in [3.63, 3.8) is 0 Å². The SMILES string of the molecule is CC(C)(C)c1ncc(C2CC2)cn1. The number of hydrogen-bond donors (Lipinski definition) is 0. The van der Waals surface area contributed by atoms with Crippen LogP contribution in [0.4, 0.5) is 0 Å². The molecule has 0 amide bonds. The molecule has 1 aromatic heterocycles. The summed E-state index contributed by atoms with van der Waals surface area (Å²) in [6.45, 7) is 6.41. The van der Waals surface area contributed by atoms with E-state index in [0.29, 0.717) is 0 Å². The van der Waals surface area contributed by atoms with Crippen molar-refractivity contribution in [1.29, 1.82) is 0 Å². The average Bonchev–Trinajstić information content (AvgIpc) is 2.85. The molecule has 0 spiro atoms. The summed E-state index contributed by atoms with van der Waals surface area (Å²) in [6, 6.07) is 0. The third-order valence-corrected chi connectivity index (χ3v) is 2.39. The van der Waals surface area contributed by atoms with E-state index in [1.807, 2.05) is 12.4 Å². The van der Waals surface area contributed by atoms with Gasteiger partial charge >= 0.3 is 0 Å². The predicted molar refractivity (Wildman–Crippen MR) is 52.7 cm³/mol. The molecule has 0 aliphatic heterocycles. The third-order valence-electron chi connectivity index (χ3n) is 2.39. The number of aromatic nitrogens is 2. The van der Waals surface area contributed by atoms with Crippen LogP contribution in [0.2, 0.25) is 0 Å². The minimum absolute atomic E-state index is 0.0715. The molecule has 1 saturated carbocycles. The number of rotatable bonds is 1. The van der Waals surface area contributed by atoms with E-state index in [2.05, 4.69) is 30.7 Å². The Morgan fingerprint density at radius 2 is 1.69 bits per heavy atom. The molecule has 2 rings (SSSR count). The van der Waals surface area contributed by atoms with Crippen LogP contribution < -0.4 is 0 Å². The van der Waals surface area contributed by atoms with Gasteiger partial charge in [-0.25, -0.2) is 9.97 Å². The topological polar surface area (TPSA) is 25.8 Å². The lowest BCUT2D eigenvalue weighted by Crippen LogP contribution is -2.15. The normalized spacial score (nSPS) is 17.5. The lowest BCUT2D eigenvalue weighted by molar-refractivity contribution is 0.544. The molecule has 70 valence electrons. The van der Waals surface area contributed by atoms with Crippen molar-refractivity contribution >= 4 is 0 Å². The average molecular weight is 176 g/mol. The molecule has 0 unspecified atom stereocenters. The van der Waals surface area contributed by atoms with Gasteiger partial charge in [0.05, 0.1) is 0 Å². The van der Waals surface area contributed by atoms with Crippen LogP contribution in [0.25, 0.3) is 0 Å². The van der Waals surface area contributed by atoms with Gasteiger partial charge in [-0.1, -0.05) is 20.8 Å². The molecule has 0 saturated heterocycles. The first kappa shape index (κ1) is 8.67. The number of nitrogens with zero attached hydrogens (tertiary/aromatic N) is 2. The highest BCUT2D eigenvalue weighted by atomic mass is 14.9. The Bertz CT molecular complexity index is 291. The van der Waals surface area contributed by atoms with Crippen LogP contribution >= 0.6 is 0 Å². The summed E-state index contributed by atoms with van der Waals surface area (Å²) in [5.41, 5.74) is 1.38. The van der Waals surface area contributed by atoms with E-state index in [4.69, 9.17) is 0 Å². The summed E-state index contributed by atoms with van der Waals surface area (Å²) in [5, 5.41) is 0. The fourth-order valence-electron chi connectivity index (χ4n) is 1.35. The Hall–Kier alpha value is -0.920. The second kappa shape index (κ2) is 2.79. The van der Waals surface area contributed by atoms with Gasteiger partial charge in [-0.3, -0.25) is 0 Å². The maximum absolute atomic E-state index is 4.40.